The quantitative estimate of drug-likeness (QED) is 0.746. The molecule has 0 unspecified atom stereocenters. The van der Waals surface area contributed by atoms with Crippen LogP contribution < -0.4 is 4.74 Å². The standard InChI is InChI=1S/C14H15N3OS2/c1-3-9-4-5-10(20-9)8-17-13-11(15-14(17)19)6-7-12(16-13)18-2/h4-7H,3,8H2,1-2H3,(H,15,19). The van der Waals surface area contributed by atoms with E-state index in [1.165, 1.54) is 9.75 Å². The average molecular weight is 305 g/mol. The Morgan fingerprint density at radius 3 is 2.80 bits per heavy atom. The lowest BCUT2D eigenvalue weighted by atomic mass is 10.3. The van der Waals surface area contributed by atoms with Gasteiger partial charge in [0.1, 0.15) is 0 Å². The summed E-state index contributed by atoms with van der Waals surface area (Å²) in [5.41, 5.74) is 1.77. The van der Waals surface area contributed by atoms with Crippen LogP contribution in [0.1, 0.15) is 16.7 Å². The van der Waals surface area contributed by atoms with E-state index in [1.54, 1.807) is 7.11 Å². The number of fused-ring (bicyclic) bond motifs is 1. The van der Waals surface area contributed by atoms with Crippen molar-refractivity contribution in [2.24, 2.45) is 0 Å². The third-order valence-electron chi connectivity index (χ3n) is 3.18. The number of methoxy groups -OCH3 is 1. The number of H-pyrrole nitrogens is 1. The Morgan fingerprint density at radius 1 is 1.30 bits per heavy atom. The molecule has 4 nitrogen and oxygen atoms in total. The predicted molar refractivity (Wildman–Crippen MR) is 84.3 cm³/mol. The van der Waals surface area contributed by atoms with Gasteiger partial charge in [-0.25, -0.2) is 0 Å². The van der Waals surface area contributed by atoms with Crippen molar-refractivity contribution in [3.05, 3.63) is 38.8 Å². The number of hydrogen-bond donors (Lipinski definition) is 1. The second-order valence-corrected chi connectivity index (χ2v) is 6.10. The molecule has 0 spiro atoms. The van der Waals surface area contributed by atoms with Gasteiger partial charge in [0.15, 0.2) is 10.4 Å². The second kappa shape index (κ2) is 5.38. The summed E-state index contributed by atoms with van der Waals surface area (Å²) in [6.07, 6.45) is 1.07. The normalized spacial score (nSPS) is 11.1. The van der Waals surface area contributed by atoms with Gasteiger partial charge in [-0.3, -0.25) is 4.57 Å². The van der Waals surface area contributed by atoms with Gasteiger partial charge in [0.2, 0.25) is 5.88 Å². The Labute approximate surface area is 126 Å². The van der Waals surface area contributed by atoms with Crippen molar-refractivity contribution in [2.45, 2.75) is 19.9 Å². The van der Waals surface area contributed by atoms with E-state index in [1.807, 2.05) is 28.0 Å². The molecule has 104 valence electrons. The minimum atomic E-state index is 0.598. The number of thiophene rings is 1. The number of nitrogens with zero attached hydrogens (tertiary/aromatic N) is 2. The maximum atomic E-state index is 5.40. The molecule has 0 aliphatic carbocycles. The number of aryl methyl sites for hydroxylation is 1. The molecule has 3 aromatic heterocycles. The highest BCUT2D eigenvalue weighted by Crippen LogP contribution is 2.21. The summed E-state index contributed by atoms with van der Waals surface area (Å²) in [5, 5.41) is 0. The van der Waals surface area contributed by atoms with E-state index in [2.05, 4.69) is 29.0 Å². The van der Waals surface area contributed by atoms with E-state index in [4.69, 9.17) is 17.0 Å². The molecule has 1 N–H and O–H groups in total. The van der Waals surface area contributed by atoms with Crippen LogP contribution in [0.5, 0.6) is 5.88 Å². The number of rotatable bonds is 4. The summed E-state index contributed by atoms with van der Waals surface area (Å²) in [4.78, 5) is 10.3. The van der Waals surface area contributed by atoms with Gasteiger partial charge in [-0.1, -0.05) is 6.92 Å². The number of nitrogens with one attached hydrogen (secondary N) is 1. The van der Waals surface area contributed by atoms with Gasteiger partial charge in [-0.05, 0) is 36.8 Å². The van der Waals surface area contributed by atoms with Gasteiger partial charge in [0.25, 0.3) is 0 Å². The van der Waals surface area contributed by atoms with E-state index in [9.17, 15) is 0 Å². The highest BCUT2D eigenvalue weighted by Gasteiger charge is 2.09. The first kappa shape index (κ1) is 13.3. The van der Waals surface area contributed by atoms with Crippen molar-refractivity contribution in [2.75, 3.05) is 7.11 Å². The van der Waals surface area contributed by atoms with Crippen molar-refractivity contribution in [3.63, 3.8) is 0 Å². The average Bonchev–Trinajstić information content (AvgIpc) is 3.04. The third kappa shape index (κ3) is 2.36. The Bertz CT molecular complexity index is 800. The number of hydrogen-bond acceptors (Lipinski definition) is 4. The lowest BCUT2D eigenvalue weighted by molar-refractivity contribution is 0.399. The maximum absolute atomic E-state index is 5.40. The molecule has 0 aromatic carbocycles. The van der Waals surface area contributed by atoms with Gasteiger partial charge >= 0.3 is 0 Å². The summed E-state index contributed by atoms with van der Waals surface area (Å²) in [6, 6.07) is 8.11. The van der Waals surface area contributed by atoms with E-state index in [-0.39, 0.29) is 0 Å². The molecular formula is C14H15N3OS2. The molecule has 20 heavy (non-hydrogen) atoms. The Kier molecular flexibility index (Phi) is 3.58. The van der Waals surface area contributed by atoms with Gasteiger partial charge in [0, 0.05) is 15.8 Å². The molecule has 0 saturated heterocycles. The molecule has 0 fully saturated rings. The van der Waals surface area contributed by atoms with Crippen LogP contribution in [0, 0.1) is 4.77 Å². The van der Waals surface area contributed by atoms with Crippen LogP contribution in [0.4, 0.5) is 0 Å². The summed E-state index contributed by atoms with van der Waals surface area (Å²) < 4.78 is 7.89. The Balaban J connectivity index is 2.05. The van der Waals surface area contributed by atoms with Crippen molar-refractivity contribution >= 4 is 34.7 Å². The van der Waals surface area contributed by atoms with E-state index in [0.717, 1.165) is 24.1 Å². The van der Waals surface area contributed by atoms with Crippen LogP contribution in [0.15, 0.2) is 24.3 Å². The van der Waals surface area contributed by atoms with Crippen molar-refractivity contribution in [1.29, 1.82) is 0 Å². The number of pyridine rings is 1. The molecule has 3 aromatic rings. The molecule has 0 aliphatic heterocycles. The van der Waals surface area contributed by atoms with E-state index < -0.39 is 0 Å². The highest BCUT2D eigenvalue weighted by molar-refractivity contribution is 7.71. The minimum absolute atomic E-state index is 0.598. The van der Waals surface area contributed by atoms with Gasteiger partial charge in [-0.15, -0.1) is 11.3 Å². The monoisotopic (exact) mass is 305 g/mol. The molecule has 0 bridgehead atoms. The Morgan fingerprint density at radius 2 is 2.10 bits per heavy atom. The fraction of sp³-hybridized carbons (Fsp3) is 0.286. The predicted octanol–water partition coefficient (Wildman–Crippen LogP) is 3.77. The summed E-state index contributed by atoms with van der Waals surface area (Å²) >= 11 is 7.22. The Hall–Kier alpha value is -1.66. The van der Waals surface area contributed by atoms with Gasteiger partial charge < -0.3 is 9.72 Å². The number of aromatic amines is 1. The van der Waals surface area contributed by atoms with Crippen LogP contribution in [-0.4, -0.2) is 21.6 Å². The summed E-state index contributed by atoms with van der Waals surface area (Å²) in [5.74, 6) is 0.598. The molecular weight excluding hydrogens is 290 g/mol. The molecule has 0 aliphatic rings. The molecule has 3 rings (SSSR count). The highest BCUT2D eigenvalue weighted by atomic mass is 32.1. The number of aromatic nitrogens is 3. The molecule has 0 amide bonds. The van der Waals surface area contributed by atoms with Crippen LogP contribution >= 0.6 is 23.6 Å². The van der Waals surface area contributed by atoms with Crippen molar-refractivity contribution in [3.8, 4) is 5.88 Å². The lowest BCUT2D eigenvalue weighted by Crippen LogP contribution is -1.99. The van der Waals surface area contributed by atoms with Crippen LogP contribution in [0.2, 0.25) is 0 Å². The smallest absolute Gasteiger partial charge is 0.215 e. The van der Waals surface area contributed by atoms with Crippen molar-refractivity contribution in [1.82, 2.24) is 14.5 Å². The molecule has 0 radical (unpaired) electrons. The number of ether oxygens (including phenoxy) is 1. The number of imidazole rings is 1. The third-order valence-corrected chi connectivity index (χ3v) is 4.72. The lowest BCUT2D eigenvalue weighted by Gasteiger charge is -2.03. The van der Waals surface area contributed by atoms with E-state index >= 15 is 0 Å². The molecule has 0 saturated carbocycles. The van der Waals surface area contributed by atoms with Gasteiger partial charge in [-0.2, -0.15) is 4.98 Å². The minimum Gasteiger partial charge on any atom is -0.481 e. The first-order chi connectivity index (χ1) is 9.71. The van der Waals surface area contributed by atoms with Crippen LogP contribution in [0.25, 0.3) is 11.2 Å². The van der Waals surface area contributed by atoms with E-state index in [0.29, 0.717) is 10.7 Å². The maximum Gasteiger partial charge on any atom is 0.215 e. The fourth-order valence-corrected chi connectivity index (χ4v) is 3.33. The largest absolute Gasteiger partial charge is 0.481 e. The van der Waals surface area contributed by atoms with Crippen molar-refractivity contribution < 1.29 is 4.74 Å². The van der Waals surface area contributed by atoms with Crippen LogP contribution in [0.3, 0.4) is 0 Å². The zero-order chi connectivity index (χ0) is 14.1. The zero-order valence-electron chi connectivity index (χ0n) is 11.3. The molecule has 3 heterocycles. The zero-order valence-corrected chi connectivity index (χ0v) is 13.0. The first-order valence-electron chi connectivity index (χ1n) is 6.42. The topological polar surface area (TPSA) is 42.8 Å². The van der Waals surface area contributed by atoms with Gasteiger partial charge in [0.05, 0.1) is 19.2 Å². The summed E-state index contributed by atoms with van der Waals surface area (Å²) in [6.45, 7) is 2.91. The first-order valence-corrected chi connectivity index (χ1v) is 7.65. The molecule has 0 atom stereocenters. The second-order valence-electron chi connectivity index (χ2n) is 4.46. The molecule has 6 heteroatoms. The summed E-state index contributed by atoms with van der Waals surface area (Å²) in [7, 11) is 1.62. The fourth-order valence-electron chi connectivity index (χ4n) is 2.13. The SMILES string of the molecule is CCc1ccc(Cn2c(=S)[nH]c3ccc(OC)nc32)s1. The van der Waals surface area contributed by atoms with Crippen LogP contribution in [-0.2, 0) is 13.0 Å².